The summed E-state index contributed by atoms with van der Waals surface area (Å²) in [5.41, 5.74) is -1.64. The van der Waals surface area contributed by atoms with Crippen molar-refractivity contribution in [2.24, 2.45) is 0 Å². The van der Waals surface area contributed by atoms with Crippen LogP contribution in [0.1, 0.15) is 5.82 Å². The highest BCUT2D eigenvalue weighted by Crippen LogP contribution is 2.38. The molecule has 2 aromatic carbocycles. The third-order valence-electron chi connectivity index (χ3n) is 3.96. The number of halogens is 2. The average molecular weight is 516 g/mol. The number of benzene rings is 2. The Balaban J connectivity index is 2.08. The Labute approximate surface area is 194 Å². The summed E-state index contributed by atoms with van der Waals surface area (Å²) in [6.07, 6.45) is 0. The zero-order valence-electron chi connectivity index (χ0n) is 16.2. The lowest BCUT2D eigenvalue weighted by Crippen LogP contribution is -2.07. The molecule has 1 heterocycles. The first-order valence-corrected chi connectivity index (χ1v) is 10.7. The van der Waals surface area contributed by atoms with E-state index in [1.807, 2.05) is 0 Å². The second-order valence-corrected chi connectivity index (χ2v) is 8.38. The van der Waals surface area contributed by atoms with Crippen LogP contribution in [0, 0.1) is 27.2 Å². The Kier molecular flexibility index (Phi) is 6.59. The van der Waals surface area contributed by atoms with Gasteiger partial charge in [-0.25, -0.2) is 4.98 Å². The molecule has 14 nitrogen and oxygen atoms in total. The molecule has 3 aromatic rings. The first-order valence-electron chi connectivity index (χ1n) is 8.51. The molecule has 0 amide bonds. The van der Waals surface area contributed by atoms with Gasteiger partial charge in [-0.3, -0.25) is 24.8 Å². The Bertz CT molecular complexity index is 1380. The van der Waals surface area contributed by atoms with Crippen LogP contribution in [0.3, 0.4) is 0 Å². The average Bonchev–Trinajstić information content (AvgIpc) is 2.66. The number of hydrogen-bond acceptors (Lipinski definition) is 11. The highest BCUT2D eigenvalue weighted by atomic mass is 35.5. The molecule has 0 saturated heterocycles. The van der Waals surface area contributed by atoms with Crippen molar-refractivity contribution in [1.82, 2.24) is 15.0 Å². The van der Waals surface area contributed by atoms with Crippen molar-refractivity contribution in [3.05, 3.63) is 66.7 Å². The van der Waals surface area contributed by atoms with Crippen molar-refractivity contribution in [2.45, 2.75) is 11.8 Å². The van der Waals surface area contributed by atoms with E-state index < -0.39 is 36.2 Å². The number of rotatable bonds is 7. The topological polar surface area (TPSA) is 203 Å². The fraction of sp³-hybridized carbons (Fsp3) is 0.0625. The molecule has 0 spiro atoms. The molecular weight excluding hydrogens is 505 g/mol. The minimum absolute atomic E-state index is 0.0924. The molecule has 172 valence electrons. The second-order valence-electron chi connectivity index (χ2n) is 6.25. The normalized spacial score (nSPS) is 11.2. The van der Waals surface area contributed by atoms with Gasteiger partial charge in [-0.1, -0.05) is 11.6 Å². The van der Waals surface area contributed by atoms with E-state index in [1.165, 1.54) is 19.1 Å². The van der Waals surface area contributed by atoms with Gasteiger partial charge in [-0.05, 0) is 42.8 Å². The number of nitrogens with one attached hydrogen (secondary N) is 2. The van der Waals surface area contributed by atoms with Crippen LogP contribution < -0.4 is 10.6 Å². The first-order chi connectivity index (χ1) is 15.3. The summed E-state index contributed by atoms with van der Waals surface area (Å²) >= 11 is 11.6. The molecule has 0 atom stereocenters. The summed E-state index contributed by atoms with van der Waals surface area (Å²) in [4.78, 5) is 31.7. The molecule has 0 saturated carbocycles. The highest BCUT2D eigenvalue weighted by Gasteiger charge is 2.24. The summed E-state index contributed by atoms with van der Waals surface area (Å²) in [6.45, 7) is 1.51. The molecule has 17 heteroatoms. The number of nitrogens with zero attached hydrogens (tertiary/aromatic N) is 5. The summed E-state index contributed by atoms with van der Waals surface area (Å²) < 4.78 is 33.1. The van der Waals surface area contributed by atoms with Gasteiger partial charge in [-0.2, -0.15) is 18.4 Å². The van der Waals surface area contributed by atoms with Gasteiger partial charge in [0.15, 0.2) is 0 Å². The van der Waals surface area contributed by atoms with Gasteiger partial charge < -0.3 is 10.6 Å². The molecular formula is C16H11Cl2N7O7S. The Morgan fingerprint density at radius 3 is 2.18 bits per heavy atom. The maximum atomic E-state index is 11.8. The fourth-order valence-electron chi connectivity index (χ4n) is 2.65. The lowest BCUT2D eigenvalue weighted by molar-refractivity contribution is -0.393. The Morgan fingerprint density at radius 2 is 1.61 bits per heavy atom. The number of anilines is 4. The van der Waals surface area contributed by atoms with Crippen molar-refractivity contribution in [3.63, 3.8) is 0 Å². The van der Waals surface area contributed by atoms with Crippen molar-refractivity contribution in [3.8, 4) is 0 Å². The molecule has 0 aliphatic heterocycles. The molecule has 3 N–H and O–H groups in total. The summed E-state index contributed by atoms with van der Waals surface area (Å²) in [7, 11) is -4.71. The van der Waals surface area contributed by atoms with Gasteiger partial charge in [0.1, 0.15) is 21.4 Å². The molecule has 0 unspecified atom stereocenters. The summed E-state index contributed by atoms with van der Waals surface area (Å²) in [5.74, 6) is 0.0789. The standard InChI is InChI=1S/C16H11Cl2N7O7S/c1-7-19-15(18)23-16(20-7)22-11-4-8(2-3-14(11)33(30,31)32)21-10-5-9(17)12(24(26)27)6-13(10)25(28)29/h2-6,21H,1H3,(H,30,31,32)(H,19,20,22,23). The Hall–Kier alpha value is -3.66. The van der Waals surface area contributed by atoms with E-state index >= 15 is 0 Å². The van der Waals surface area contributed by atoms with Gasteiger partial charge in [-0.15, -0.1) is 0 Å². The number of nitro benzene ring substituents is 2. The second kappa shape index (κ2) is 9.07. The van der Waals surface area contributed by atoms with Crippen LogP contribution in [-0.4, -0.2) is 37.8 Å². The van der Waals surface area contributed by atoms with Crippen molar-refractivity contribution in [1.29, 1.82) is 0 Å². The van der Waals surface area contributed by atoms with Crippen LogP contribution in [0.2, 0.25) is 10.3 Å². The van der Waals surface area contributed by atoms with Crippen molar-refractivity contribution >= 4 is 67.7 Å². The van der Waals surface area contributed by atoms with E-state index in [0.29, 0.717) is 6.07 Å². The third kappa shape index (κ3) is 5.58. The van der Waals surface area contributed by atoms with Gasteiger partial charge in [0.05, 0.1) is 21.6 Å². The third-order valence-corrected chi connectivity index (χ3v) is 5.34. The van der Waals surface area contributed by atoms with Gasteiger partial charge in [0.25, 0.3) is 21.5 Å². The molecule has 1 aromatic heterocycles. The van der Waals surface area contributed by atoms with E-state index in [0.717, 1.165) is 12.1 Å². The van der Waals surface area contributed by atoms with Crippen molar-refractivity contribution < 1.29 is 22.8 Å². The zero-order valence-corrected chi connectivity index (χ0v) is 18.5. The van der Waals surface area contributed by atoms with E-state index in [9.17, 15) is 33.2 Å². The molecule has 0 aliphatic rings. The van der Waals surface area contributed by atoms with Crippen molar-refractivity contribution in [2.75, 3.05) is 10.6 Å². The van der Waals surface area contributed by atoms with Gasteiger partial charge >= 0.3 is 0 Å². The maximum absolute atomic E-state index is 11.8. The minimum Gasteiger partial charge on any atom is -0.350 e. The number of aromatic nitrogens is 3. The molecule has 0 fully saturated rings. The fourth-order valence-corrected chi connectivity index (χ4v) is 3.72. The van der Waals surface area contributed by atoms with E-state index in [2.05, 4.69) is 25.6 Å². The van der Waals surface area contributed by atoms with E-state index in [4.69, 9.17) is 23.2 Å². The summed E-state index contributed by atoms with van der Waals surface area (Å²) in [6, 6.07) is 5.05. The van der Waals surface area contributed by atoms with Crippen LogP contribution in [0.5, 0.6) is 0 Å². The lowest BCUT2D eigenvalue weighted by atomic mass is 10.2. The predicted molar refractivity (Wildman–Crippen MR) is 117 cm³/mol. The van der Waals surface area contributed by atoms with Crippen LogP contribution in [0.25, 0.3) is 0 Å². The predicted octanol–water partition coefficient (Wildman–Crippen LogP) is 4.04. The largest absolute Gasteiger partial charge is 0.350 e. The number of hydrogen-bond donors (Lipinski definition) is 3. The monoisotopic (exact) mass is 515 g/mol. The molecule has 0 aliphatic carbocycles. The first kappa shape index (κ1) is 24.0. The van der Waals surface area contributed by atoms with Gasteiger partial charge in [0.2, 0.25) is 11.2 Å². The van der Waals surface area contributed by atoms with Crippen LogP contribution >= 0.6 is 23.2 Å². The summed E-state index contributed by atoms with van der Waals surface area (Å²) in [5, 5.41) is 27.1. The molecule has 3 rings (SSSR count). The van der Waals surface area contributed by atoms with Gasteiger partial charge in [0, 0.05) is 5.69 Å². The minimum atomic E-state index is -4.71. The number of nitro groups is 2. The molecule has 0 radical (unpaired) electrons. The number of aryl methyl sites for hydroxylation is 1. The van der Waals surface area contributed by atoms with Crippen LogP contribution in [0.4, 0.5) is 34.4 Å². The highest BCUT2D eigenvalue weighted by molar-refractivity contribution is 7.86. The SMILES string of the molecule is Cc1nc(Cl)nc(Nc2cc(Nc3cc(Cl)c([N+](=O)[O-])cc3[N+](=O)[O-])ccc2S(=O)(=O)O)n1. The molecule has 0 bridgehead atoms. The van der Waals surface area contributed by atoms with Crippen LogP contribution in [0.15, 0.2) is 35.2 Å². The maximum Gasteiger partial charge on any atom is 0.299 e. The van der Waals surface area contributed by atoms with E-state index in [1.54, 1.807) is 0 Å². The zero-order chi connectivity index (χ0) is 24.5. The molecule has 33 heavy (non-hydrogen) atoms. The smallest absolute Gasteiger partial charge is 0.299 e. The lowest BCUT2D eigenvalue weighted by Gasteiger charge is -2.13. The van der Waals surface area contributed by atoms with Crippen LogP contribution in [-0.2, 0) is 10.1 Å². The Morgan fingerprint density at radius 1 is 0.939 bits per heavy atom. The quantitative estimate of drug-likeness (QED) is 0.231. The van der Waals surface area contributed by atoms with E-state index in [-0.39, 0.29) is 39.1 Å².